The lowest BCUT2D eigenvalue weighted by Crippen LogP contribution is -2.28. The van der Waals surface area contributed by atoms with E-state index in [1.54, 1.807) is 36.4 Å². The highest BCUT2D eigenvalue weighted by molar-refractivity contribution is 5.95. The van der Waals surface area contributed by atoms with Crippen molar-refractivity contribution in [2.24, 2.45) is 12.8 Å². The summed E-state index contributed by atoms with van der Waals surface area (Å²) in [6.45, 7) is 2.39. The Morgan fingerprint density at radius 3 is 2.80 bits per heavy atom. The fraction of sp³-hybridized carbons (Fsp3) is 0.308. The van der Waals surface area contributed by atoms with Crippen molar-refractivity contribution in [1.82, 2.24) is 14.3 Å². The number of aromatic nitrogens is 3. The van der Waals surface area contributed by atoms with E-state index in [0.717, 1.165) is 0 Å². The largest absolute Gasteiger partial charge is 0.323 e. The van der Waals surface area contributed by atoms with Crippen molar-refractivity contribution in [2.45, 2.75) is 19.5 Å². The van der Waals surface area contributed by atoms with E-state index in [4.69, 9.17) is 5.73 Å². The summed E-state index contributed by atoms with van der Waals surface area (Å²) in [5.41, 5.74) is 6.93. The first-order valence-electron chi connectivity index (χ1n) is 6.26. The Kier molecular flexibility index (Phi) is 3.99. The van der Waals surface area contributed by atoms with E-state index in [1.165, 1.54) is 10.6 Å². The molecule has 2 aromatic heterocycles. The van der Waals surface area contributed by atoms with Gasteiger partial charge in [-0.3, -0.25) is 14.3 Å². The summed E-state index contributed by atoms with van der Waals surface area (Å²) in [5.74, 6) is -0.348. The van der Waals surface area contributed by atoms with Crippen molar-refractivity contribution in [3.8, 4) is 0 Å². The van der Waals surface area contributed by atoms with Gasteiger partial charge in [0.2, 0.25) is 5.91 Å². The molecule has 0 spiro atoms. The van der Waals surface area contributed by atoms with Crippen LogP contribution in [0.4, 0.5) is 5.69 Å². The highest BCUT2D eigenvalue weighted by Gasteiger charge is 2.17. The Morgan fingerprint density at radius 1 is 1.45 bits per heavy atom. The molecule has 1 amide bonds. The van der Waals surface area contributed by atoms with Crippen LogP contribution in [-0.4, -0.2) is 20.3 Å². The van der Waals surface area contributed by atoms with Crippen LogP contribution < -0.4 is 16.6 Å². The molecule has 2 aromatic rings. The molecule has 0 aliphatic heterocycles. The molecule has 0 saturated carbocycles. The summed E-state index contributed by atoms with van der Waals surface area (Å²) in [7, 11) is 1.76. The molecule has 1 atom stereocenters. The number of rotatable bonds is 4. The SMILES string of the molecule is CCn1cc(NC(=O)C(N)c2cnn(C)c2)ccc1=O. The van der Waals surface area contributed by atoms with E-state index < -0.39 is 6.04 Å². The summed E-state index contributed by atoms with van der Waals surface area (Å²) in [6.07, 6.45) is 4.84. The van der Waals surface area contributed by atoms with E-state index in [0.29, 0.717) is 17.8 Å². The maximum Gasteiger partial charge on any atom is 0.250 e. The molecule has 0 fully saturated rings. The average molecular weight is 275 g/mol. The minimum atomic E-state index is -0.800. The second-order valence-corrected chi connectivity index (χ2v) is 4.46. The number of nitrogens with one attached hydrogen (secondary N) is 1. The number of nitrogens with two attached hydrogens (primary N) is 1. The maximum absolute atomic E-state index is 12.0. The molecule has 106 valence electrons. The highest BCUT2D eigenvalue weighted by Crippen LogP contribution is 2.12. The first-order chi connectivity index (χ1) is 9.51. The van der Waals surface area contributed by atoms with Crippen molar-refractivity contribution >= 4 is 11.6 Å². The summed E-state index contributed by atoms with van der Waals surface area (Å²) < 4.78 is 3.09. The van der Waals surface area contributed by atoms with Gasteiger partial charge in [-0.1, -0.05) is 0 Å². The standard InChI is InChI=1S/C13H17N5O2/c1-3-18-8-10(4-5-11(18)19)16-13(20)12(14)9-6-15-17(2)7-9/h4-8,12H,3,14H2,1-2H3,(H,16,20). The zero-order chi connectivity index (χ0) is 14.7. The van der Waals surface area contributed by atoms with Crippen molar-refractivity contribution in [1.29, 1.82) is 0 Å². The van der Waals surface area contributed by atoms with E-state index in [1.807, 2.05) is 6.92 Å². The minimum absolute atomic E-state index is 0.109. The molecule has 7 nitrogen and oxygen atoms in total. The lowest BCUT2D eigenvalue weighted by atomic mass is 10.1. The lowest BCUT2D eigenvalue weighted by molar-refractivity contribution is -0.117. The van der Waals surface area contributed by atoms with Gasteiger partial charge in [-0.05, 0) is 13.0 Å². The van der Waals surface area contributed by atoms with Gasteiger partial charge < -0.3 is 15.6 Å². The molecule has 3 N–H and O–H groups in total. The molecular formula is C13H17N5O2. The number of amides is 1. The van der Waals surface area contributed by atoms with Crippen molar-refractivity contribution in [3.05, 3.63) is 46.6 Å². The lowest BCUT2D eigenvalue weighted by Gasteiger charge is -2.11. The molecule has 0 bridgehead atoms. The van der Waals surface area contributed by atoms with Crippen LogP contribution in [0, 0.1) is 0 Å². The van der Waals surface area contributed by atoms with E-state index in [2.05, 4.69) is 10.4 Å². The summed E-state index contributed by atoms with van der Waals surface area (Å²) in [4.78, 5) is 23.5. The molecule has 0 saturated heterocycles. The molecule has 2 heterocycles. The van der Waals surface area contributed by atoms with Gasteiger partial charge in [0, 0.05) is 37.6 Å². The Labute approximate surface area is 116 Å². The second-order valence-electron chi connectivity index (χ2n) is 4.46. The minimum Gasteiger partial charge on any atom is -0.323 e. The second kappa shape index (κ2) is 5.70. The molecule has 7 heteroatoms. The zero-order valence-electron chi connectivity index (χ0n) is 11.4. The Balaban J connectivity index is 2.13. The third-order valence-electron chi connectivity index (χ3n) is 2.96. The predicted molar refractivity (Wildman–Crippen MR) is 75.1 cm³/mol. The van der Waals surface area contributed by atoms with Gasteiger partial charge in [0.25, 0.3) is 5.56 Å². The first-order valence-corrected chi connectivity index (χ1v) is 6.26. The number of hydrogen-bond donors (Lipinski definition) is 2. The van der Waals surface area contributed by atoms with Gasteiger partial charge in [0.05, 0.1) is 11.9 Å². The monoisotopic (exact) mass is 275 g/mol. The molecule has 20 heavy (non-hydrogen) atoms. The average Bonchev–Trinajstić information content (AvgIpc) is 2.86. The summed E-state index contributed by atoms with van der Waals surface area (Å²) in [6, 6.07) is 2.17. The van der Waals surface area contributed by atoms with Crippen LogP contribution in [0.2, 0.25) is 0 Å². The van der Waals surface area contributed by atoms with Crippen LogP contribution in [0.3, 0.4) is 0 Å². The molecule has 2 rings (SSSR count). The van der Waals surface area contributed by atoms with Gasteiger partial charge >= 0.3 is 0 Å². The van der Waals surface area contributed by atoms with Crippen LogP contribution >= 0.6 is 0 Å². The zero-order valence-corrected chi connectivity index (χ0v) is 11.4. The third-order valence-corrected chi connectivity index (χ3v) is 2.96. The smallest absolute Gasteiger partial charge is 0.250 e. The van der Waals surface area contributed by atoms with Crippen LogP contribution in [0.15, 0.2) is 35.5 Å². The van der Waals surface area contributed by atoms with Crippen molar-refractivity contribution < 1.29 is 4.79 Å². The van der Waals surface area contributed by atoms with E-state index in [-0.39, 0.29) is 11.5 Å². The van der Waals surface area contributed by atoms with Crippen molar-refractivity contribution in [3.63, 3.8) is 0 Å². The number of hydrogen-bond acceptors (Lipinski definition) is 4. The van der Waals surface area contributed by atoms with Crippen LogP contribution in [0.1, 0.15) is 18.5 Å². The van der Waals surface area contributed by atoms with Crippen LogP contribution in [0.5, 0.6) is 0 Å². The number of carbonyl (C=O) groups is 1. The molecule has 0 aliphatic rings. The maximum atomic E-state index is 12.0. The fourth-order valence-corrected chi connectivity index (χ4v) is 1.82. The number of anilines is 1. The third kappa shape index (κ3) is 2.94. The van der Waals surface area contributed by atoms with Crippen LogP contribution in [0.25, 0.3) is 0 Å². The fourth-order valence-electron chi connectivity index (χ4n) is 1.82. The topological polar surface area (TPSA) is 94.9 Å². The number of pyridine rings is 1. The Hall–Kier alpha value is -2.41. The van der Waals surface area contributed by atoms with Gasteiger partial charge in [-0.15, -0.1) is 0 Å². The van der Waals surface area contributed by atoms with Gasteiger partial charge in [-0.25, -0.2) is 0 Å². The number of nitrogens with zero attached hydrogens (tertiary/aromatic N) is 3. The normalized spacial score (nSPS) is 12.2. The summed E-state index contributed by atoms with van der Waals surface area (Å²) in [5, 5.41) is 6.67. The number of carbonyl (C=O) groups excluding carboxylic acids is 1. The first kappa shape index (κ1) is 14.0. The summed E-state index contributed by atoms with van der Waals surface area (Å²) >= 11 is 0. The van der Waals surface area contributed by atoms with Crippen molar-refractivity contribution in [2.75, 3.05) is 5.32 Å². The number of aryl methyl sites for hydroxylation is 2. The van der Waals surface area contributed by atoms with Gasteiger partial charge in [0.15, 0.2) is 0 Å². The van der Waals surface area contributed by atoms with Gasteiger partial charge in [0.1, 0.15) is 6.04 Å². The highest BCUT2D eigenvalue weighted by atomic mass is 16.2. The van der Waals surface area contributed by atoms with Gasteiger partial charge in [-0.2, -0.15) is 5.10 Å². The Bertz CT molecular complexity index is 673. The molecule has 1 unspecified atom stereocenters. The van der Waals surface area contributed by atoms with Crippen LogP contribution in [-0.2, 0) is 18.4 Å². The molecule has 0 radical (unpaired) electrons. The van der Waals surface area contributed by atoms with E-state index in [9.17, 15) is 9.59 Å². The van der Waals surface area contributed by atoms with E-state index >= 15 is 0 Å². The predicted octanol–water partition coefficient (Wildman–Crippen LogP) is 0.240. The molecular weight excluding hydrogens is 258 g/mol. The molecule has 0 aromatic carbocycles. The Morgan fingerprint density at radius 2 is 2.20 bits per heavy atom. The quantitative estimate of drug-likeness (QED) is 0.835. The molecule has 0 aliphatic carbocycles.